The lowest BCUT2D eigenvalue weighted by Crippen LogP contribution is -2.48. The summed E-state index contributed by atoms with van der Waals surface area (Å²) in [6.07, 6.45) is 1.81. The zero-order valence-electron chi connectivity index (χ0n) is 15.5. The van der Waals surface area contributed by atoms with Crippen molar-refractivity contribution in [3.05, 3.63) is 46.8 Å². The molecule has 1 aromatic heterocycles. The number of aryl methyl sites for hydroxylation is 1. The SMILES string of the molecule is Cc1cc(C(=O)N2CCC3(CC2)CC(=O)NCCO3)sc1-c1ccccc1. The first-order valence-corrected chi connectivity index (χ1v) is 10.2. The quantitative estimate of drug-likeness (QED) is 0.865. The monoisotopic (exact) mass is 384 g/mol. The van der Waals surface area contributed by atoms with E-state index in [-0.39, 0.29) is 11.8 Å². The van der Waals surface area contributed by atoms with Crippen molar-refractivity contribution in [1.29, 1.82) is 0 Å². The lowest BCUT2D eigenvalue weighted by atomic mass is 9.87. The average Bonchev–Trinajstić information content (AvgIpc) is 2.98. The minimum Gasteiger partial charge on any atom is -0.372 e. The summed E-state index contributed by atoms with van der Waals surface area (Å²) in [5.74, 6) is 0.131. The minimum atomic E-state index is -0.405. The topological polar surface area (TPSA) is 58.6 Å². The highest BCUT2D eigenvalue weighted by Crippen LogP contribution is 2.35. The van der Waals surface area contributed by atoms with Crippen LogP contribution in [0, 0.1) is 6.92 Å². The number of ether oxygens (including phenoxy) is 1. The molecule has 2 saturated heterocycles. The van der Waals surface area contributed by atoms with E-state index in [0.29, 0.717) is 45.5 Å². The molecule has 6 heteroatoms. The van der Waals surface area contributed by atoms with Crippen LogP contribution in [0.15, 0.2) is 36.4 Å². The molecule has 0 bridgehead atoms. The summed E-state index contributed by atoms with van der Waals surface area (Å²) in [7, 11) is 0. The molecular formula is C21H24N2O3S. The van der Waals surface area contributed by atoms with Crippen LogP contribution in [0.4, 0.5) is 0 Å². The number of nitrogens with zero attached hydrogens (tertiary/aromatic N) is 1. The maximum absolute atomic E-state index is 13.0. The first-order valence-electron chi connectivity index (χ1n) is 9.42. The van der Waals surface area contributed by atoms with E-state index >= 15 is 0 Å². The van der Waals surface area contributed by atoms with E-state index in [1.54, 1.807) is 11.3 Å². The van der Waals surface area contributed by atoms with Crippen LogP contribution in [0.1, 0.15) is 34.5 Å². The number of thiophene rings is 1. The molecule has 1 aromatic carbocycles. The largest absolute Gasteiger partial charge is 0.372 e. The normalized spacial score (nSPS) is 19.6. The highest BCUT2D eigenvalue weighted by molar-refractivity contribution is 7.17. The molecule has 0 radical (unpaired) electrons. The van der Waals surface area contributed by atoms with E-state index < -0.39 is 5.60 Å². The molecule has 4 rings (SSSR count). The molecule has 1 spiro atoms. The maximum Gasteiger partial charge on any atom is 0.263 e. The molecule has 0 saturated carbocycles. The Morgan fingerprint density at radius 3 is 2.70 bits per heavy atom. The second kappa shape index (κ2) is 7.44. The summed E-state index contributed by atoms with van der Waals surface area (Å²) >= 11 is 1.56. The van der Waals surface area contributed by atoms with E-state index in [4.69, 9.17) is 4.74 Å². The Balaban J connectivity index is 1.46. The highest BCUT2D eigenvalue weighted by Gasteiger charge is 2.40. The Morgan fingerprint density at radius 1 is 1.22 bits per heavy atom. The number of carbonyl (C=O) groups excluding carboxylic acids is 2. The van der Waals surface area contributed by atoms with Gasteiger partial charge in [-0.25, -0.2) is 0 Å². The standard InChI is InChI=1S/C21H24N2O3S/c1-15-13-17(27-19(15)16-5-3-2-4-6-16)20(25)23-10-7-21(8-11-23)14-18(24)22-9-12-26-21/h2-6,13H,7-12,14H2,1H3,(H,22,24). The minimum absolute atomic E-state index is 0.0497. The van der Waals surface area contributed by atoms with Crippen LogP contribution in [-0.2, 0) is 9.53 Å². The van der Waals surface area contributed by atoms with E-state index in [1.165, 1.54) is 0 Å². The van der Waals surface area contributed by atoms with Gasteiger partial charge in [-0.3, -0.25) is 9.59 Å². The van der Waals surface area contributed by atoms with Gasteiger partial charge in [0.2, 0.25) is 5.91 Å². The Kier molecular flexibility index (Phi) is 5.02. The predicted molar refractivity (Wildman–Crippen MR) is 106 cm³/mol. The second-order valence-electron chi connectivity index (χ2n) is 7.34. The van der Waals surface area contributed by atoms with Gasteiger partial charge in [-0.15, -0.1) is 11.3 Å². The van der Waals surface area contributed by atoms with Gasteiger partial charge in [0.15, 0.2) is 0 Å². The van der Waals surface area contributed by atoms with Crippen molar-refractivity contribution in [3.63, 3.8) is 0 Å². The summed E-state index contributed by atoms with van der Waals surface area (Å²) in [5, 5.41) is 2.86. The van der Waals surface area contributed by atoms with Gasteiger partial charge in [0.1, 0.15) is 0 Å². The number of amides is 2. The van der Waals surface area contributed by atoms with Crippen molar-refractivity contribution in [2.24, 2.45) is 0 Å². The van der Waals surface area contributed by atoms with Gasteiger partial charge in [0, 0.05) is 24.5 Å². The summed E-state index contributed by atoms with van der Waals surface area (Å²) in [6.45, 7) is 4.43. The Hall–Kier alpha value is -2.18. The lowest BCUT2D eigenvalue weighted by Gasteiger charge is -2.40. The third-order valence-corrected chi connectivity index (χ3v) is 6.72. The van der Waals surface area contributed by atoms with Crippen LogP contribution in [0.2, 0.25) is 0 Å². The maximum atomic E-state index is 13.0. The molecule has 2 aromatic rings. The summed E-state index contributed by atoms with van der Waals surface area (Å²) < 4.78 is 6.00. The first-order chi connectivity index (χ1) is 13.1. The molecule has 5 nitrogen and oxygen atoms in total. The third-order valence-electron chi connectivity index (χ3n) is 5.44. The molecule has 0 atom stereocenters. The Labute approximate surface area is 163 Å². The van der Waals surface area contributed by atoms with Gasteiger partial charge >= 0.3 is 0 Å². The first kappa shape index (κ1) is 18.2. The second-order valence-corrected chi connectivity index (χ2v) is 8.39. The fraction of sp³-hybridized carbons (Fsp3) is 0.429. The van der Waals surface area contributed by atoms with Gasteiger partial charge in [-0.2, -0.15) is 0 Å². The predicted octanol–water partition coefficient (Wildman–Crippen LogP) is 3.23. The number of hydrogen-bond acceptors (Lipinski definition) is 4. The zero-order chi connectivity index (χ0) is 18.9. The van der Waals surface area contributed by atoms with Crippen molar-refractivity contribution in [2.45, 2.75) is 31.8 Å². The molecule has 2 fully saturated rings. The van der Waals surface area contributed by atoms with Crippen LogP contribution in [-0.4, -0.2) is 48.6 Å². The van der Waals surface area contributed by atoms with Crippen LogP contribution >= 0.6 is 11.3 Å². The third kappa shape index (κ3) is 3.77. The number of hydrogen-bond donors (Lipinski definition) is 1. The number of nitrogens with one attached hydrogen (secondary N) is 1. The number of carbonyl (C=O) groups is 2. The smallest absolute Gasteiger partial charge is 0.263 e. The van der Waals surface area contributed by atoms with Gasteiger partial charge < -0.3 is 15.0 Å². The van der Waals surface area contributed by atoms with E-state index in [0.717, 1.165) is 20.9 Å². The molecule has 0 aliphatic carbocycles. The number of likely N-dealkylation sites (tertiary alicyclic amines) is 1. The van der Waals surface area contributed by atoms with Crippen molar-refractivity contribution >= 4 is 23.2 Å². The summed E-state index contributed by atoms with van der Waals surface area (Å²) in [4.78, 5) is 28.7. The number of rotatable bonds is 2. The van der Waals surface area contributed by atoms with Crippen molar-refractivity contribution in [2.75, 3.05) is 26.2 Å². The molecule has 27 heavy (non-hydrogen) atoms. The van der Waals surface area contributed by atoms with Crippen molar-refractivity contribution in [1.82, 2.24) is 10.2 Å². The average molecular weight is 385 g/mol. The van der Waals surface area contributed by atoms with Crippen molar-refractivity contribution in [3.8, 4) is 10.4 Å². The van der Waals surface area contributed by atoms with Crippen LogP contribution in [0.25, 0.3) is 10.4 Å². The van der Waals surface area contributed by atoms with Crippen molar-refractivity contribution < 1.29 is 14.3 Å². The van der Waals surface area contributed by atoms with Crippen LogP contribution < -0.4 is 5.32 Å². The fourth-order valence-electron chi connectivity index (χ4n) is 3.92. The van der Waals surface area contributed by atoms with Gasteiger partial charge in [-0.1, -0.05) is 30.3 Å². The van der Waals surface area contributed by atoms with Gasteiger partial charge in [-0.05, 0) is 37.0 Å². The highest BCUT2D eigenvalue weighted by atomic mass is 32.1. The zero-order valence-corrected chi connectivity index (χ0v) is 16.3. The molecule has 0 unspecified atom stereocenters. The molecule has 3 heterocycles. The van der Waals surface area contributed by atoms with Gasteiger partial charge in [0.25, 0.3) is 5.91 Å². The van der Waals surface area contributed by atoms with Crippen LogP contribution in [0.3, 0.4) is 0 Å². The van der Waals surface area contributed by atoms with E-state index in [9.17, 15) is 9.59 Å². The molecule has 2 aliphatic rings. The Bertz CT molecular complexity index is 838. The molecule has 142 valence electrons. The number of piperidine rings is 1. The summed E-state index contributed by atoms with van der Waals surface area (Å²) in [6, 6.07) is 12.2. The number of benzene rings is 1. The molecule has 2 aliphatic heterocycles. The van der Waals surface area contributed by atoms with Gasteiger partial charge in [0.05, 0.1) is 23.5 Å². The van der Waals surface area contributed by atoms with Crippen LogP contribution in [0.5, 0.6) is 0 Å². The van der Waals surface area contributed by atoms with E-state index in [2.05, 4.69) is 24.4 Å². The summed E-state index contributed by atoms with van der Waals surface area (Å²) in [5.41, 5.74) is 1.87. The fourth-order valence-corrected chi connectivity index (χ4v) is 5.07. The van der Waals surface area contributed by atoms with E-state index in [1.807, 2.05) is 29.2 Å². The molecular weight excluding hydrogens is 360 g/mol. The molecule has 1 N–H and O–H groups in total. The lowest BCUT2D eigenvalue weighted by molar-refractivity contribution is -0.127. The Morgan fingerprint density at radius 2 is 1.96 bits per heavy atom. The molecule has 2 amide bonds.